The molecule has 1 rings (SSSR count). The number of carbonyl (C=O) groups is 1. The van der Waals surface area contributed by atoms with Gasteiger partial charge in [0.05, 0.1) is 5.92 Å². The molecule has 0 radical (unpaired) electrons. The first-order chi connectivity index (χ1) is 8.08. The van der Waals surface area contributed by atoms with Crippen molar-refractivity contribution in [1.82, 2.24) is 5.32 Å². The molecule has 1 aromatic rings. The standard InChI is InChI=1S/C13H19ClN2O/c1-4-10(8-15-3)13(17)16-12-7-11(14)6-5-9(12)2/h5-7,10,15H,4,8H2,1-3H3,(H,16,17). The van der Waals surface area contributed by atoms with Gasteiger partial charge in [-0.25, -0.2) is 0 Å². The largest absolute Gasteiger partial charge is 0.326 e. The lowest BCUT2D eigenvalue weighted by molar-refractivity contribution is -0.119. The monoisotopic (exact) mass is 254 g/mol. The van der Waals surface area contributed by atoms with E-state index >= 15 is 0 Å². The minimum absolute atomic E-state index is 0.0154. The molecule has 2 N–H and O–H groups in total. The zero-order valence-electron chi connectivity index (χ0n) is 10.5. The topological polar surface area (TPSA) is 41.1 Å². The number of anilines is 1. The maximum Gasteiger partial charge on any atom is 0.228 e. The first kappa shape index (κ1) is 14.0. The molecule has 1 unspecified atom stereocenters. The van der Waals surface area contributed by atoms with E-state index in [1.807, 2.05) is 33.0 Å². The molecule has 0 aliphatic carbocycles. The Morgan fingerprint density at radius 1 is 1.47 bits per heavy atom. The molecule has 0 saturated heterocycles. The van der Waals surface area contributed by atoms with Gasteiger partial charge in [0, 0.05) is 17.3 Å². The van der Waals surface area contributed by atoms with Crippen LogP contribution < -0.4 is 10.6 Å². The van der Waals surface area contributed by atoms with Crippen LogP contribution in [0.2, 0.25) is 5.02 Å². The second-order valence-electron chi connectivity index (χ2n) is 4.11. The van der Waals surface area contributed by atoms with Gasteiger partial charge in [-0.2, -0.15) is 0 Å². The van der Waals surface area contributed by atoms with Crippen molar-refractivity contribution < 1.29 is 4.79 Å². The van der Waals surface area contributed by atoms with E-state index < -0.39 is 0 Å². The molecule has 17 heavy (non-hydrogen) atoms. The maximum atomic E-state index is 12.0. The van der Waals surface area contributed by atoms with Crippen LogP contribution in [-0.2, 0) is 4.79 Å². The number of benzene rings is 1. The van der Waals surface area contributed by atoms with E-state index in [4.69, 9.17) is 11.6 Å². The number of hydrogen-bond donors (Lipinski definition) is 2. The molecular formula is C13H19ClN2O. The zero-order valence-corrected chi connectivity index (χ0v) is 11.3. The van der Waals surface area contributed by atoms with E-state index in [0.717, 1.165) is 17.7 Å². The minimum atomic E-state index is -0.0154. The molecule has 0 aliphatic heterocycles. The molecule has 94 valence electrons. The molecule has 1 atom stereocenters. The molecule has 0 spiro atoms. The first-order valence-electron chi connectivity index (χ1n) is 5.80. The Morgan fingerprint density at radius 3 is 2.76 bits per heavy atom. The predicted octanol–water partition coefficient (Wildman–Crippen LogP) is 2.83. The molecule has 3 nitrogen and oxygen atoms in total. The Morgan fingerprint density at radius 2 is 2.18 bits per heavy atom. The highest BCUT2D eigenvalue weighted by molar-refractivity contribution is 6.31. The van der Waals surface area contributed by atoms with Gasteiger partial charge in [-0.3, -0.25) is 4.79 Å². The van der Waals surface area contributed by atoms with Crippen LogP contribution in [0.3, 0.4) is 0 Å². The summed E-state index contributed by atoms with van der Waals surface area (Å²) in [4.78, 5) is 12.0. The number of amides is 1. The fourth-order valence-electron chi connectivity index (χ4n) is 1.63. The average molecular weight is 255 g/mol. The molecule has 0 aliphatic rings. The number of rotatable bonds is 5. The molecule has 0 saturated carbocycles. The van der Waals surface area contributed by atoms with Crippen LogP contribution >= 0.6 is 11.6 Å². The van der Waals surface area contributed by atoms with Gasteiger partial charge in [0.2, 0.25) is 5.91 Å². The Kier molecular flexibility index (Phi) is 5.45. The Balaban J connectivity index is 2.76. The van der Waals surface area contributed by atoms with Crippen LogP contribution in [0.4, 0.5) is 5.69 Å². The summed E-state index contributed by atoms with van der Waals surface area (Å²) in [6.07, 6.45) is 0.812. The van der Waals surface area contributed by atoms with Gasteiger partial charge in [-0.15, -0.1) is 0 Å². The SMILES string of the molecule is CCC(CNC)C(=O)Nc1cc(Cl)ccc1C. The van der Waals surface area contributed by atoms with Crippen molar-refractivity contribution in [2.45, 2.75) is 20.3 Å². The summed E-state index contributed by atoms with van der Waals surface area (Å²) >= 11 is 5.91. The summed E-state index contributed by atoms with van der Waals surface area (Å²) in [6, 6.07) is 5.50. The second kappa shape index (κ2) is 6.62. The lowest BCUT2D eigenvalue weighted by Crippen LogP contribution is -2.30. The number of hydrogen-bond acceptors (Lipinski definition) is 2. The van der Waals surface area contributed by atoms with Gasteiger partial charge in [-0.05, 0) is 38.1 Å². The molecule has 1 aromatic carbocycles. The van der Waals surface area contributed by atoms with Gasteiger partial charge >= 0.3 is 0 Å². The summed E-state index contributed by atoms with van der Waals surface area (Å²) in [5, 5.41) is 6.58. The lowest BCUT2D eigenvalue weighted by Gasteiger charge is -2.15. The van der Waals surface area contributed by atoms with Crippen molar-refractivity contribution in [2.24, 2.45) is 5.92 Å². The van der Waals surface area contributed by atoms with Crippen molar-refractivity contribution in [2.75, 3.05) is 18.9 Å². The fraction of sp³-hybridized carbons (Fsp3) is 0.462. The molecule has 0 aromatic heterocycles. The second-order valence-corrected chi connectivity index (χ2v) is 4.55. The van der Waals surface area contributed by atoms with E-state index in [9.17, 15) is 4.79 Å². The van der Waals surface area contributed by atoms with E-state index in [2.05, 4.69) is 10.6 Å². The number of halogens is 1. The van der Waals surface area contributed by atoms with Crippen molar-refractivity contribution in [1.29, 1.82) is 0 Å². The van der Waals surface area contributed by atoms with Crippen LogP contribution in [0, 0.1) is 12.8 Å². The smallest absolute Gasteiger partial charge is 0.228 e. The van der Waals surface area contributed by atoms with Gasteiger partial charge in [0.25, 0.3) is 0 Å². The van der Waals surface area contributed by atoms with E-state index in [0.29, 0.717) is 11.6 Å². The van der Waals surface area contributed by atoms with Crippen LogP contribution in [-0.4, -0.2) is 19.5 Å². The van der Waals surface area contributed by atoms with Crippen LogP contribution in [0.15, 0.2) is 18.2 Å². The Bertz CT molecular complexity index is 393. The minimum Gasteiger partial charge on any atom is -0.326 e. The molecule has 0 bridgehead atoms. The van der Waals surface area contributed by atoms with E-state index in [1.54, 1.807) is 6.07 Å². The van der Waals surface area contributed by atoms with Crippen molar-refractivity contribution in [3.05, 3.63) is 28.8 Å². The van der Waals surface area contributed by atoms with Gasteiger partial charge in [0.1, 0.15) is 0 Å². The quantitative estimate of drug-likeness (QED) is 0.848. The molecule has 1 amide bonds. The average Bonchev–Trinajstić information content (AvgIpc) is 2.30. The highest BCUT2D eigenvalue weighted by Gasteiger charge is 2.16. The summed E-state index contributed by atoms with van der Waals surface area (Å²) < 4.78 is 0. The van der Waals surface area contributed by atoms with Crippen LogP contribution in [0.1, 0.15) is 18.9 Å². The summed E-state index contributed by atoms with van der Waals surface area (Å²) in [5.41, 5.74) is 1.80. The highest BCUT2D eigenvalue weighted by Crippen LogP contribution is 2.21. The maximum absolute atomic E-state index is 12.0. The van der Waals surface area contributed by atoms with E-state index in [1.165, 1.54) is 0 Å². The number of nitrogens with one attached hydrogen (secondary N) is 2. The molecule has 0 fully saturated rings. The van der Waals surface area contributed by atoms with Gasteiger partial charge < -0.3 is 10.6 Å². The molecular weight excluding hydrogens is 236 g/mol. The third-order valence-corrected chi connectivity index (χ3v) is 3.01. The van der Waals surface area contributed by atoms with E-state index in [-0.39, 0.29) is 11.8 Å². The number of carbonyl (C=O) groups excluding carboxylic acids is 1. The Hall–Kier alpha value is -1.06. The van der Waals surface area contributed by atoms with Crippen molar-refractivity contribution in [3.8, 4) is 0 Å². The van der Waals surface area contributed by atoms with Crippen LogP contribution in [0.25, 0.3) is 0 Å². The summed E-state index contributed by atoms with van der Waals surface area (Å²) in [6.45, 7) is 4.64. The number of aryl methyl sites for hydroxylation is 1. The summed E-state index contributed by atoms with van der Waals surface area (Å²) in [5.74, 6) is 0.0191. The fourth-order valence-corrected chi connectivity index (χ4v) is 1.80. The van der Waals surface area contributed by atoms with Gasteiger partial charge in [0.15, 0.2) is 0 Å². The molecule has 0 heterocycles. The highest BCUT2D eigenvalue weighted by atomic mass is 35.5. The normalized spacial score (nSPS) is 12.2. The lowest BCUT2D eigenvalue weighted by atomic mass is 10.1. The predicted molar refractivity (Wildman–Crippen MR) is 72.5 cm³/mol. The first-order valence-corrected chi connectivity index (χ1v) is 6.17. The van der Waals surface area contributed by atoms with Gasteiger partial charge in [-0.1, -0.05) is 24.6 Å². The van der Waals surface area contributed by atoms with Crippen molar-refractivity contribution >= 4 is 23.2 Å². The van der Waals surface area contributed by atoms with Crippen LogP contribution in [0.5, 0.6) is 0 Å². The Labute approximate surface area is 108 Å². The zero-order chi connectivity index (χ0) is 12.8. The molecule has 4 heteroatoms. The third kappa shape index (κ3) is 4.02. The third-order valence-electron chi connectivity index (χ3n) is 2.77. The van der Waals surface area contributed by atoms with Crippen molar-refractivity contribution in [3.63, 3.8) is 0 Å². The summed E-state index contributed by atoms with van der Waals surface area (Å²) in [7, 11) is 1.85.